The quantitative estimate of drug-likeness (QED) is 0.177. The molecule has 5 nitrogen and oxygen atoms in total. The predicted molar refractivity (Wildman–Crippen MR) is 295 cm³/mol. The molecular weight excluding hydrogens is 867 g/mol. The molecule has 0 saturated heterocycles. The second-order valence-corrected chi connectivity index (χ2v) is 19.6. The van der Waals surface area contributed by atoms with Crippen molar-refractivity contribution in [3.63, 3.8) is 0 Å². The third-order valence-electron chi connectivity index (χ3n) is 15.5. The van der Waals surface area contributed by atoms with Crippen molar-refractivity contribution in [2.24, 2.45) is 15.9 Å². The maximum Gasteiger partial charge on any atom is 0.235 e. The first kappa shape index (κ1) is 40.1. The number of furan rings is 2. The van der Waals surface area contributed by atoms with Crippen molar-refractivity contribution >= 4 is 105 Å². The smallest absolute Gasteiger partial charge is 0.235 e. The van der Waals surface area contributed by atoms with Gasteiger partial charge in [-0.2, -0.15) is 0 Å². The van der Waals surface area contributed by atoms with E-state index in [9.17, 15) is 0 Å². The van der Waals surface area contributed by atoms with Gasteiger partial charge in [-0.1, -0.05) is 153 Å². The van der Waals surface area contributed by atoms with E-state index in [-0.39, 0.29) is 11.8 Å². The van der Waals surface area contributed by atoms with Crippen LogP contribution in [0.2, 0.25) is 0 Å². The Hall–Kier alpha value is -8.80. The lowest BCUT2D eigenvalue weighted by Gasteiger charge is -2.23. The summed E-state index contributed by atoms with van der Waals surface area (Å²) in [7, 11) is 0. The second kappa shape index (κ2) is 15.6. The van der Waals surface area contributed by atoms with E-state index in [1.54, 1.807) is 0 Å². The highest BCUT2D eigenvalue weighted by molar-refractivity contribution is 6.23. The summed E-state index contributed by atoms with van der Waals surface area (Å²) in [6.45, 7) is 2.32. The summed E-state index contributed by atoms with van der Waals surface area (Å²) < 4.78 is 15.5. The van der Waals surface area contributed by atoms with Gasteiger partial charge < -0.3 is 8.83 Å². The van der Waals surface area contributed by atoms with Gasteiger partial charge in [0.05, 0.1) is 22.4 Å². The molecule has 336 valence electrons. The Kier molecular flexibility index (Phi) is 8.82. The van der Waals surface area contributed by atoms with E-state index in [1.807, 2.05) is 12.1 Å². The third kappa shape index (κ3) is 6.25. The highest BCUT2D eigenvalue weighted by Gasteiger charge is 2.30. The molecule has 0 bridgehead atoms. The molecule has 0 amide bonds. The Labute approximate surface area is 409 Å². The molecule has 4 heterocycles. The van der Waals surface area contributed by atoms with Crippen molar-refractivity contribution < 1.29 is 8.83 Å². The summed E-state index contributed by atoms with van der Waals surface area (Å²) >= 11 is 0. The van der Waals surface area contributed by atoms with E-state index < -0.39 is 0 Å². The summed E-state index contributed by atoms with van der Waals surface area (Å²) in [6, 6.07) is 72.5. The van der Waals surface area contributed by atoms with Crippen LogP contribution in [0.1, 0.15) is 53.5 Å². The molecule has 13 aromatic rings. The van der Waals surface area contributed by atoms with Gasteiger partial charge in [0.25, 0.3) is 0 Å². The minimum absolute atomic E-state index is 0.00348. The van der Waals surface area contributed by atoms with Crippen LogP contribution in [-0.4, -0.2) is 16.2 Å². The number of aliphatic imine (C=N–C) groups is 2. The summed E-state index contributed by atoms with van der Waals surface area (Å²) in [5.74, 6) is 0.695. The lowest BCUT2D eigenvalue weighted by molar-refractivity contribution is 0.665. The van der Waals surface area contributed by atoms with E-state index in [4.69, 9.17) is 18.8 Å². The zero-order valence-electron chi connectivity index (χ0n) is 39.1. The number of aromatic nitrogens is 1. The molecule has 3 aromatic heterocycles. The molecule has 5 heteroatoms. The summed E-state index contributed by atoms with van der Waals surface area (Å²) in [5, 5.41) is 11.7. The number of hydrogen-bond acceptors (Lipinski definition) is 4. The standard InChI is InChI=1S/C66H45N3O2/c1-39-26-32-56(44-29-33-61-54(36-44)50-20-8-12-24-59(50)70-61)67-66(69-57-22-10-6-18-48(57)49-19-7-11-23-58(49)69)68-65(39)55-37-45(38-62-64(55)52-21-9-13-25-60(52)71-62)46-30-28-43-34-41-15-2-3-16-42(41)35-53(43)63-47-17-5-4-14-40(47)27-31-51(46)63/h2-25,27,29,31-39,46H,26,28,30H2,1H3/b56-32+,67-66+,68-65+. The van der Waals surface area contributed by atoms with Crippen LogP contribution in [0, 0.1) is 5.92 Å². The Bertz CT molecular complexity index is 4430. The van der Waals surface area contributed by atoms with Crippen LogP contribution >= 0.6 is 0 Å². The molecule has 2 atom stereocenters. The molecule has 0 spiro atoms. The zero-order valence-corrected chi connectivity index (χ0v) is 39.1. The number of allylic oxidation sites excluding steroid dienone is 1. The predicted octanol–water partition coefficient (Wildman–Crippen LogP) is 17.4. The highest BCUT2D eigenvalue weighted by Crippen LogP contribution is 2.48. The Morgan fingerprint density at radius 3 is 1.92 bits per heavy atom. The van der Waals surface area contributed by atoms with Crippen LogP contribution in [0.25, 0.3) is 104 Å². The van der Waals surface area contributed by atoms with Crippen molar-refractivity contribution in [1.29, 1.82) is 0 Å². The van der Waals surface area contributed by atoms with E-state index in [1.165, 1.54) is 49.4 Å². The molecule has 0 radical (unpaired) electrons. The van der Waals surface area contributed by atoms with Gasteiger partial charge in [0.2, 0.25) is 5.96 Å². The fraction of sp³-hybridized carbons (Fsp3) is 0.0909. The van der Waals surface area contributed by atoms with Crippen LogP contribution in [0.3, 0.4) is 0 Å². The minimum Gasteiger partial charge on any atom is -0.456 e. The largest absolute Gasteiger partial charge is 0.456 e. The summed E-state index contributed by atoms with van der Waals surface area (Å²) in [5.41, 5.74) is 16.2. The Morgan fingerprint density at radius 2 is 1.13 bits per heavy atom. The number of para-hydroxylation sites is 4. The van der Waals surface area contributed by atoms with Gasteiger partial charge in [-0.25, -0.2) is 9.98 Å². The van der Waals surface area contributed by atoms with Crippen molar-refractivity contribution in [2.45, 2.75) is 32.1 Å². The zero-order chi connectivity index (χ0) is 46.7. The van der Waals surface area contributed by atoms with Crippen molar-refractivity contribution in [3.05, 3.63) is 234 Å². The maximum absolute atomic E-state index is 6.95. The van der Waals surface area contributed by atoms with Gasteiger partial charge >= 0.3 is 0 Å². The monoisotopic (exact) mass is 911 g/mol. The lowest BCUT2D eigenvalue weighted by atomic mass is 9.81. The lowest BCUT2D eigenvalue weighted by Crippen LogP contribution is -2.20. The highest BCUT2D eigenvalue weighted by atomic mass is 16.3. The molecule has 2 aliphatic rings. The van der Waals surface area contributed by atoms with Gasteiger partial charge in [0.1, 0.15) is 22.3 Å². The molecule has 15 rings (SSSR count). The Balaban J connectivity index is 0.984. The fourth-order valence-corrected chi connectivity index (χ4v) is 12.1. The van der Waals surface area contributed by atoms with Crippen LogP contribution in [-0.2, 0) is 6.42 Å². The molecule has 1 aliphatic carbocycles. The van der Waals surface area contributed by atoms with Gasteiger partial charge in [-0.3, -0.25) is 4.57 Å². The van der Waals surface area contributed by atoms with Crippen molar-refractivity contribution in [1.82, 2.24) is 4.57 Å². The average molecular weight is 912 g/mol. The molecule has 0 fully saturated rings. The first-order valence-electron chi connectivity index (χ1n) is 24.9. The normalized spacial score (nSPS) is 18.5. The summed E-state index contributed by atoms with van der Waals surface area (Å²) in [4.78, 5) is 11.6. The molecule has 10 aromatic carbocycles. The molecular formula is C66H45N3O2. The SMILES string of the molecule is CC1C/C=C(c2ccc3oc4ccccc4c3c2)/N=C(n2c3ccccc3c3ccccc32)\N=C/1c1cc(C2CCc3cc4ccccc4cc3-c3c2ccc2ccccc32)cc2oc3ccccc3c12. The number of fused-ring (bicyclic) bond motifs is 15. The molecule has 0 N–H and O–H groups in total. The fourth-order valence-electron chi connectivity index (χ4n) is 12.1. The van der Waals surface area contributed by atoms with E-state index >= 15 is 0 Å². The van der Waals surface area contributed by atoms with E-state index in [0.29, 0.717) is 5.96 Å². The van der Waals surface area contributed by atoms with Gasteiger partial charge in [0.15, 0.2) is 0 Å². The van der Waals surface area contributed by atoms with Crippen LogP contribution < -0.4 is 0 Å². The Morgan fingerprint density at radius 1 is 0.493 bits per heavy atom. The number of hydrogen-bond donors (Lipinski definition) is 0. The number of nitrogens with zero attached hydrogens (tertiary/aromatic N) is 3. The second-order valence-electron chi connectivity index (χ2n) is 19.6. The maximum atomic E-state index is 6.95. The first-order chi connectivity index (χ1) is 35.1. The minimum atomic E-state index is -0.00348. The topological polar surface area (TPSA) is 55.9 Å². The molecule has 1 aliphatic heterocycles. The number of aryl methyl sites for hydroxylation is 1. The van der Waals surface area contributed by atoms with Crippen molar-refractivity contribution in [3.8, 4) is 11.1 Å². The van der Waals surface area contributed by atoms with Gasteiger partial charge in [-0.05, 0) is 129 Å². The van der Waals surface area contributed by atoms with Crippen LogP contribution in [0.4, 0.5) is 0 Å². The van der Waals surface area contributed by atoms with E-state index in [2.05, 4.69) is 206 Å². The van der Waals surface area contributed by atoms with E-state index in [0.717, 1.165) is 107 Å². The number of rotatable bonds is 3. The average Bonchev–Trinajstić information content (AvgIpc) is 4.05. The van der Waals surface area contributed by atoms with Gasteiger partial charge in [0, 0.05) is 55.3 Å². The molecule has 71 heavy (non-hydrogen) atoms. The third-order valence-corrected chi connectivity index (χ3v) is 15.5. The number of benzene rings is 10. The van der Waals surface area contributed by atoms with Crippen LogP contribution in [0.15, 0.2) is 225 Å². The molecule has 2 unspecified atom stereocenters. The van der Waals surface area contributed by atoms with Gasteiger partial charge in [-0.15, -0.1) is 0 Å². The van der Waals surface area contributed by atoms with Crippen LogP contribution in [0.5, 0.6) is 0 Å². The van der Waals surface area contributed by atoms with Crippen molar-refractivity contribution in [2.75, 3.05) is 0 Å². The first-order valence-corrected chi connectivity index (χ1v) is 24.9. The molecule has 0 saturated carbocycles. The summed E-state index contributed by atoms with van der Waals surface area (Å²) in [6.07, 6.45) is 4.93.